The normalized spacial score (nSPS) is 23.1. The van der Waals surface area contributed by atoms with Gasteiger partial charge in [0, 0.05) is 37.9 Å². The Morgan fingerprint density at radius 2 is 1.64 bits per heavy atom. The number of anilines is 3. The lowest BCUT2D eigenvalue weighted by Crippen LogP contribution is -2.46. The van der Waals surface area contributed by atoms with Gasteiger partial charge in [-0.1, -0.05) is 0 Å². The molecule has 2 aromatic rings. The van der Waals surface area contributed by atoms with Crippen LogP contribution in [0, 0.1) is 6.92 Å². The molecule has 28 heavy (non-hydrogen) atoms. The van der Waals surface area contributed by atoms with Crippen LogP contribution in [0.1, 0.15) is 19.4 Å². The fraction of sp³-hybridized carbons (Fsp3) is 0.579. The van der Waals surface area contributed by atoms with Gasteiger partial charge in [-0.2, -0.15) is 15.0 Å². The first kappa shape index (κ1) is 18.8. The van der Waals surface area contributed by atoms with Gasteiger partial charge in [-0.05, 0) is 32.4 Å². The zero-order valence-corrected chi connectivity index (χ0v) is 16.6. The van der Waals surface area contributed by atoms with Gasteiger partial charge in [0.15, 0.2) is 5.82 Å². The van der Waals surface area contributed by atoms with Gasteiger partial charge in [0.2, 0.25) is 11.9 Å². The molecule has 9 heteroatoms. The highest BCUT2D eigenvalue weighted by Gasteiger charge is 2.26. The zero-order chi connectivity index (χ0) is 19.7. The van der Waals surface area contributed by atoms with E-state index in [2.05, 4.69) is 28.6 Å². The molecule has 9 nitrogen and oxygen atoms in total. The number of morpholine rings is 2. The molecule has 2 aliphatic rings. The number of hydrogen-bond acceptors (Lipinski definition) is 9. The molecule has 2 fully saturated rings. The van der Waals surface area contributed by atoms with Crippen molar-refractivity contribution in [3.63, 3.8) is 0 Å². The van der Waals surface area contributed by atoms with Crippen LogP contribution in [-0.4, -0.2) is 71.5 Å². The molecule has 2 atom stereocenters. The second kappa shape index (κ2) is 7.84. The third-order valence-electron chi connectivity index (χ3n) is 4.98. The molecule has 0 aliphatic carbocycles. The van der Waals surface area contributed by atoms with Crippen LogP contribution in [0.4, 0.5) is 17.7 Å². The molecular weight excluding hydrogens is 358 g/mol. The summed E-state index contributed by atoms with van der Waals surface area (Å²) in [6.45, 7) is 10.5. The summed E-state index contributed by atoms with van der Waals surface area (Å²) in [7, 11) is 0. The minimum atomic E-state index is 0.121. The minimum absolute atomic E-state index is 0.121. The monoisotopic (exact) mass is 385 g/mol. The van der Waals surface area contributed by atoms with Crippen molar-refractivity contribution in [3.05, 3.63) is 17.8 Å². The van der Waals surface area contributed by atoms with E-state index in [9.17, 15) is 0 Å². The SMILES string of the molecule is Cc1cc(N)ncc1-c1nc(N2CCOCC2)nc(N2CC(C)OC(C)C2)n1. The Bertz CT molecular complexity index is 831. The van der Waals surface area contributed by atoms with Gasteiger partial charge >= 0.3 is 0 Å². The van der Waals surface area contributed by atoms with E-state index in [1.165, 1.54) is 0 Å². The molecule has 4 heterocycles. The van der Waals surface area contributed by atoms with E-state index >= 15 is 0 Å². The highest BCUT2D eigenvalue weighted by atomic mass is 16.5. The van der Waals surface area contributed by atoms with Crippen molar-refractivity contribution >= 4 is 17.7 Å². The molecule has 0 spiro atoms. The lowest BCUT2D eigenvalue weighted by molar-refractivity contribution is -0.00572. The smallest absolute Gasteiger partial charge is 0.230 e. The highest BCUT2D eigenvalue weighted by molar-refractivity contribution is 5.63. The van der Waals surface area contributed by atoms with Crippen LogP contribution in [0.3, 0.4) is 0 Å². The van der Waals surface area contributed by atoms with Gasteiger partial charge in [0.05, 0.1) is 25.4 Å². The Balaban J connectivity index is 1.76. The first-order chi connectivity index (χ1) is 13.5. The number of pyridine rings is 1. The van der Waals surface area contributed by atoms with Crippen molar-refractivity contribution in [1.82, 2.24) is 19.9 Å². The summed E-state index contributed by atoms with van der Waals surface area (Å²) in [5.41, 5.74) is 7.67. The number of nitrogens with zero attached hydrogens (tertiary/aromatic N) is 6. The van der Waals surface area contributed by atoms with Crippen LogP contribution >= 0.6 is 0 Å². The zero-order valence-electron chi connectivity index (χ0n) is 16.6. The number of nitrogens with two attached hydrogens (primary N) is 1. The number of ether oxygens (including phenoxy) is 2. The summed E-state index contributed by atoms with van der Waals surface area (Å²) in [6, 6.07) is 1.84. The van der Waals surface area contributed by atoms with Crippen LogP contribution in [-0.2, 0) is 9.47 Å². The first-order valence-corrected chi connectivity index (χ1v) is 9.71. The Kier molecular flexibility index (Phi) is 5.27. The topological polar surface area (TPSA) is 103 Å². The van der Waals surface area contributed by atoms with E-state index in [-0.39, 0.29) is 12.2 Å². The van der Waals surface area contributed by atoms with Crippen LogP contribution in [0.25, 0.3) is 11.4 Å². The van der Waals surface area contributed by atoms with Crippen LogP contribution in [0.2, 0.25) is 0 Å². The maximum Gasteiger partial charge on any atom is 0.230 e. The maximum atomic E-state index is 5.87. The van der Waals surface area contributed by atoms with E-state index in [0.717, 1.165) is 37.3 Å². The quantitative estimate of drug-likeness (QED) is 0.837. The van der Waals surface area contributed by atoms with Crippen molar-refractivity contribution in [3.8, 4) is 11.4 Å². The summed E-state index contributed by atoms with van der Waals surface area (Å²) in [5, 5.41) is 0. The van der Waals surface area contributed by atoms with Gasteiger partial charge in [0.25, 0.3) is 0 Å². The van der Waals surface area contributed by atoms with Crippen LogP contribution in [0.15, 0.2) is 12.3 Å². The van der Waals surface area contributed by atoms with Crippen LogP contribution < -0.4 is 15.5 Å². The van der Waals surface area contributed by atoms with Crippen molar-refractivity contribution in [2.24, 2.45) is 0 Å². The van der Waals surface area contributed by atoms with Crippen molar-refractivity contribution in [2.45, 2.75) is 33.0 Å². The average molecular weight is 385 g/mol. The number of hydrogen-bond donors (Lipinski definition) is 1. The molecule has 2 unspecified atom stereocenters. The molecule has 0 aromatic carbocycles. The van der Waals surface area contributed by atoms with Crippen molar-refractivity contribution in [1.29, 1.82) is 0 Å². The highest BCUT2D eigenvalue weighted by Crippen LogP contribution is 2.26. The molecule has 0 radical (unpaired) electrons. The summed E-state index contributed by atoms with van der Waals surface area (Å²) in [6.07, 6.45) is 1.98. The third-order valence-corrected chi connectivity index (χ3v) is 4.98. The molecule has 2 aromatic heterocycles. The van der Waals surface area contributed by atoms with E-state index in [1.807, 2.05) is 13.0 Å². The summed E-state index contributed by atoms with van der Waals surface area (Å²) >= 11 is 0. The standard InChI is InChI=1S/C19H27N7O2/c1-12-8-16(20)21-9-15(12)17-22-18(25-4-6-27-7-5-25)24-19(23-17)26-10-13(2)28-14(3)11-26/h8-9,13-14H,4-7,10-11H2,1-3H3,(H2,20,21). The molecular formula is C19H27N7O2. The lowest BCUT2D eigenvalue weighted by Gasteiger charge is -2.36. The van der Waals surface area contributed by atoms with Crippen molar-refractivity contribution < 1.29 is 9.47 Å². The Morgan fingerprint density at radius 3 is 2.29 bits per heavy atom. The molecule has 0 saturated carbocycles. The van der Waals surface area contributed by atoms with Gasteiger partial charge in [-0.25, -0.2) is 4.98 Å². The second-order valence-corrected chi connectivity index (χ2v) is 7.44. The molecule has 2 N–H and O–H groups in total. The Labute approximate surface area is 164 Å². The number of aromatic nitrogens is 4. The van der Waals surface area contributed by atoms with Gasteiger partial charge < -0.3 is 25.0 Å². The Morgan fingerprint density at radius 1 is 1.00 bits per heavy atom. The molecule has 4 rings (SSSR count). The maximum absolute atomic E-state index is 5.87. The van der Waals surface area contributed by atoms with E-state index < -0.39 is 0 Å². The molecule has 2 aliphatic heterocycles. The van der Waals surface area contributed by atoms with Gasteiger partial charge in [-0.3, -0.25) is 0 Å². The van der Waals surface area contributed by atoms with Crippen molar-refractivity contribution in [2.75, 3.05) is 54.9 Å². The molecule has 150 valence electrons. The minimum Gasteiger partial charge on any atom is -0.384 e. The fourth-order valence-electron chi connectivity index (χ4n) is 3.67. The van der Waals surface area contributed by atoms with Crippen LogP contribution in [0.5, 0.6) is 0 Å². The molecule has 0 amide bonds. The predicted octanol–water partition coefficient (Wildman–Crippen LogP) is 1.27. The number of aryl methyl sites for hydroxylation is 1. The Hall–Kier alpha value is -2.52. The summed E-state index contributed by atoms with van der Waals surface area (Å²) in [5.74, 6) is 2.44. The molecule has 0 bridgehead atoms. The number of nitrogen functional groups attached to an aromatic ring is 1. The predicted molar refractivity (Wildman–Crippen MR) is 107 cm³/mol. The van der Waals surface area contributed by atoms with E-state index in [4.69, 9.17) is 30.2 Å². The lowest BCUT2D eigenvalue weighted by atomic mass is 10.1. The summed E-state index contributed by atoms with van der Waals surface area (Å²) in [4.78, 5) is 22.9. The number of rotatable bonds is 3. The third kappa shape index (κ3) is 4.00. The molecule has 2 saturated heterocycles. The van der Waals surface area contributed by atoms with Gasteiger partial charge in [-0.15, -0.1) is 0 Å². The summed E-state index contributed by atoms with van der Waals surface area (Å²) < 4.78 is 11.3. The van der Waals surface area contributed by atoms with E-state index in [0.29, 0.717) is 36.8 Å². The van der Waals surface area contributed by atoms with E-state index in [1.54, 1.807) is 6.20 Å². The second-order valence-electron chi connectivity index (χ2n) is 7.44. The average Bonchev–Trinajstić information content (AvgIpc) is 2.67. The van der Waals surface area contributed by atoms with Gasteiger partial charge in [0.1, 0.15) is 5.82 Å². The fourth-order valence-corrected chi connectivity index (χ4v) is 3.67. The first-order valence-electron chi connectivity index (χ1n) is 9.71. The largest absolute Gasteiger partial charge is 0.384 e.